The van der Waals surface area contributed by atoms with Crippen LogP contribution in [0.5, 0.6) is 0 Å². The van der Waals surface area contributed by atoms with Gasteiger partial charge in [0.15, 0.2) is 0 Å². The molecule has 3 rings (SSSR count). The second kappa shape index (κ2) is 6.87. The molecular formula is C18H15FN2O2. The predicted molar refractivity (Wildman–Crippen MR) is 83.9 cm³/mol. The standard InChI is InChI=1S/C18H15FN2O2/c19-15-8-6-13(7-9-15)12-20-18(22)11-16-10-17(21-23-16)14-4-2-1-3-5-14/h1-10H,11-12H2,(H,20,22). The van der Waals surface area contributed by atoms with Gasteiger partial charge in [0.25, 0.3) is 0 Å². The van der Waals surface area contributed by atoms with Crippen molar-refractivity contribution in [1.82, 2.24) is 10.5 Å². The maximum Gasteiger partial charge on any atom is 0.227 e. The zero-order chi connectivity index (χ0) is 16.1. The average Bonchev–Trinajstić information content (AvgIpc) is 3.04. The highest BCUT2D eigenvalue weighted by molar-refractivity contribution is 5.78. The zero-order valence-electron chi connectivity index (χ0n) is 12.3. The molecule has 0 aliphatic rings. The highest BCUT2D eigenvalue weighted by atomic mass is 19.1. The second-order valence-electron chi connectivity index (χ2n) is 5.12. The van der Waals surface area contributed by atoms with Crippen LogP contribution in [0.3, 0.4) is 0 Å². The lowest BCUT2D eigenvalue weighted by Gasteiger charge is -2.03. The summed E-state index contributed by atoms with van der Waals surface area (Å²) in [7, 11) is 0. The van der Waals surface area contributed by atoms with Crippen molar-refractivity contribution in [3.63, 3.8) is 0 Å². The van der Waals surface area contributed by atoms with E-state index in [-0.39, 0.29) is 18.1 Å². The molecule has 0 radical (unpaired) electrons. The molecule has 1 heterocycles. The van der Waals surface area contributed by atoms with Gasteiger partial charge < -0.3 is 9.84 Å². The maximum atomic E-state index is 12.8. The number of halogens is 1. The maximum absolute atomic E-state index is 12.8. The minimum absolute atomic E-state index is 0.112. The van der Waals surface area contributed by atoms with Crippen LogP contribution in [0.2, 0.25) is 0 Å². The Hall–Kier alpha value is -2.95. The first-order chi connectivity index (χ1) is 11.2. The van der Waals surface area contributed by atoms with E-state index >= 15 is 0 Å². The van der Waals surface area contributed by atoms with Gasteiger partial charge >= 0.3 is 0 Å². The number of nitrogens with one attached hydrogen (secondary N) is 1. The SMILES string of the molecule is O=C(Cc1cc(-c2ccccc2)no1)NCc1ccc(F)cc1. The van der Waals surface area contributed by atoms with Gasteiger partial charge in [0.1, 0.15) is 17.3 Å². The quantitative estimate of drug-likeness (QED) is 0.786. The molecule has 0 spiro atoms. The summed E-state index contributed by atoms with van der Waals surface area (Å²) >= 11 is 0. The average molecular weight is 310 g/mol. The lowest BCUT2D eigenvalue weighted by atomic mass is 10.1. The van der Waals surface area contributed by atoms with Gasteiger partial charge in [-0.2, -0.15) is 0 Å². The van der Waals surface area contributed by atoms with Gasteiger partial charge in [-0.25, -0.2) is 4.39 Å². The van der Waals surface area contributed by atoms with Gasteiger partial charge in [0.05, 0.1) is 6.42 Å². The van der Waals surface area contributed by atoms with Crippen molar-refractivity contribution in [3.05, 3.63) is 77.8 Å². The molecule has 0 atom stereocenters. The molecule has 1 N–H and O–H groups in total. The van der Waals surface area contributed by atoms with Gasteiger partial charge in [-0.1, -0.05) is 47.6 Å². The fourth-order valence-corrected chi connectivity index (χ4v) is 2.16. The third kappa shape index (κ3) is 4.03. The van der Waals surface area contributed by atoms with Crippen LogP contribution in [0.15, 0.2) is 65.2 Å². The van der Waals surface area contributed by atoms with E-state index in [0.717, 1.165) is 11.1 Å². The zero-order valence-corrected chi connectivity index (χ0v) is 12.3. The van der Waals surface area contributed by atoms with Crippen LogP contribution in [0, 0.1) is 5.82 Å². The summed E-state index contributed by atoms with van der Waals surface area (Å²) < 4.78 is 18.0. The molecule has 0 aliphatic heterocycles. The van der Waals surface area contributed by atoms with Crippen LogP contribution >= 0.6 is 0 Å². The Morgan fingerprint density at radius 1 is 1.09 bits per heavy atom. The van der Waals surface area contributed by atoms with Gasteiger partial charge in [0.2, 0.25) is 5.91 Å². The summed E-state index contributed by atoms with van der Waals surface area (Å²) in [5.74, 6) is 0.0284. The molecule has 0 fully saturated rings. The number of hydrogen-bond donors (Lipinski definition) is 1. The number of nitrogens with zero attached hydrogens (tertiary/aromatic N) is 1. The van der Waals surface area contributed by atoms with E-state index < -0.39 is 0 Å². The molecule has 2 aromatic carbocycles. The highest BCUT2D eigenvalue weighted by Crippen LogP contribution is 2.18. The smallest absolute Gasteiger partial charge is 0.227 e. The van der Waals surface area contributed by atoms with Gasteiger partial charge in [0, 0.05) is 18.2 Å². The van der Waals surface area contributed by atoms with Gasteiger partial charge in [-0.15, -0.1) is 0 Å². The molecular weight excluding hydrogens is 295 g/mol. The molecule has 0 saturated carbocycles. The predicted octanol–water partition coefficient (Wildman–Crippen LogP) is 3.34. The Morgan fingerprint density at radius 3 is 2.57 bits per heavy atom. The first-order valence-corrected chi connectivity index (χ1v) is 7.23. The third-order valence-electron chi connectivity index (χ3n) is 3.37. The van der Waals surface area contributed by atoms with Gasteiger partial charge in [-0.05, 0) is 17.7 Å². The number of aromatic nitrogens is 1. The Morgan fingerprint density at radius 2 is 1.83 bits per heavy atom. The molecule has 4 nitrogen and oxygen atoms in total. The first kappa shape index (κ1) is 15.0. The van der Waals surface area contributed by atoms with Gasteiger partial charge in [-0.3, -0.25) is 4.79 Å². The van der Waals surface area contributed by atoms with Crippen molar-refractivity contribution in [1.29, 1.82) is 0 Å². The molecule has 0 unspecified atom stereocenters. The van der Waals surface area contributed by atoms with E-state index in [1.165, 1.54) is 12.1 Å². The molecule has 1 aromatic heterocycles. The Kier molecular flexibility index (Phi) is 4.47. The van der Waals surface area contributed by atoms with Crippen LogP contribution < -0.4 is 5.32 Å². The van der Waals surface area contributed by atoms with Crippen LogP contribution in [0.25, 0.3) is 11.3 Å². The van der Waals surface area contributed by atoms with Crippen molar-refractivity contribution < 1.29 is 13.7 Å². The fraction of sp³-hybridized carbons (Fsp3) is 0.111. The fourth-order valence-electron chi connectivity index (χ4n) is 2.16. The highest BCUT2D eigenvalue weighted by Gasteiger charge is 2.10. The van der Waals surface area contributed by atoms with Crippen molar-refractivity contribution in [2.75, 3.05) is 0 Å². The lowest BCUT2D eigenvalue weighted by Crippen LogP contribution is -2.24. The molecule has 3 aromatic rings. The van der Waals surface area contributed by atoms with Crippen molar-refractivity contribution >= 4 is 5.91 Å². The van der Waals surface area contributed by atoms with E-state index in [4.69, 9.17) is 4.52 Å². The van der Waals surface area contributed by atoms with Crippen LogP contribution in [-0.2, 0) is 17.8 Å². The van der Waals surface area contributed by atoms with E-state index in [1.807, 2.05) is 30.3 Å². The van der Waals surface area contributed by atoms with E-state index in [9.17, 15) is 9.18 Å². The Bertz CT molecular complexity index is 782. The summed E-state index contributed by atoms with van der Waals surface area (Å²) in [6.07, 6.45) is 0.112. The summed E-state index contributed by atoms with van der Waals surface area (Å²) in [5, 5.41) is 6.74. The molecule has 5 heteroatoms. The van der Waals surface area contributed by atoms with E-state index in [0.29, 0.717) is 18.0 Å². The molecule has 0 aliphatic carbocycles. The van der Waals surface area contributed by atoms with Crippen molar-refractivity contribution in [3.8, 4) is 11.3 Å². The van der Waals surface area contributed by atoms with Crippen LogP contribution in [-0.4, -0.2) is 11.1 Å². The normalized spacial score (nSPS) is 10.5. The number of amides is 1. The van der Waals surface area contributed by atoms with E-state index in [2.05, 4.69) is 10.5 Å². The summed E-state index contributed by atoms with van der Waals surface area (Å²) in [4.78, 5) is 11.9. The summed E-state index contributed by atoms with van der Waals surface area (Å²) in [6, 6.07) is 17.4. The van der Waals surface area contributed by atoms with Crippen molar-refractivity contribution in [2.45, 2.75) is 13.0 Å². The Labute approximate surface area is 132 Å². The number of benzene rings is 2. The molecule has 0 bridgehead atoms. The number of carbonyl (C=O) groups is 1. The number of carbonyl (C=O) groups excluding carboxylic acids is 1. The third-order valence-corrected chi connectivity index (χ3v) is 3.37. The van der Waals surface area contributed by atoms with E-state index in [1.54, 1.807) is 18.2 Å². The number of hydrogen-bond acceptors (Lipinski definition) is 3. The minimum Gasteiger partial charge on any atom is -0.360 e. The lowest BCUT2D eigenvalue weighted by molar-refractivity contribution is -0.120. The number of rotatable bonds is 5. The summed E-state index contributed by atoms with van der Waals surface area (Å²) in [6.45, 7) is 0.346. The molecule has 1 amide bonds. The molecule has 0 saturated heterocycles. The largest absolute Gasteiger partial charge is 0.360 e. The molecule has 116 valence electrons. The van der Waals surface area contributed by atoms with Crippen molar-refractivity contribution in [2.24, 2.45) is 0 Å². The molecule has 23 heavy (non-hydrogen) atoms. The second-order valence-corrected chi connectivity index (χ2v) is 5.12. The first-order valence-electron chi connectivity index (χ1n) is 7.23. The minimum atomic E-state index is -0.296. The topological polar surface area (TPSA) is 55.1 Å². The summed E-state index contributed by atoms with van der Waals surface area (Å²) in [5.41, 5.74) is 2.48. The van der Waals surface area contributed by atoms with Crippen LogP contribution in [0.1, 0.15) is 11.3 Å². The monoisotopic (exact) mass is 310 g/mol. The van der Waals surface area contributed by atoms with Crippen LogP contribution in [0.4, 0.5) is 4.39 Å². The Balaban J connectivity index is 1.56.